The molecule has 0 fully saturated rings. The van der Waals surface area contributed by atoms with E-state index in [1.54, 1.807) is 4.90 Å². The Balaban J connectivity index is 1.56. The van der Waals surface area contributed by atoms with Crippen LogP contribution in [-0.2, 0) is 13.1 Å². The lowest BCUT2D eigenvalue weighted by atomic mass is 10.2. The van der Waals surface area contributed by atoms with Crippen LogP contribution in [0.2, 0.25) is 0 Å². The van der Waals surface area contributed by atoms with E-state index in [0.29, 0.717) is 18.8 Å². The molecular formula is C22H22N2O4. The van der Waals surface area contributed by atoms with Crippen molar-refractivity contribution in [3.63, 3.8) is 0 Å². The van der Waals surface area contributed by atoms with Gasteiger partial charge < -0.3 is 24.1 Å². The molecule has 0 spiro atoms. The number of aryl methyl sites for hydroxylation is 2. The number of carbonyl (C=O) groups excluding carboxylic acids is 1. The van der Waals surface area contributed by atoms with Gasteiger partial charge in [-0.1, -0.05) is 24.3 Å². The standard InChI is InChI=1S/C22H22N2O4/c1-15-5-3-4-6-19(15)23-22(25)24(13-18-9-7-16(2)28-18)12-17-8-10-20-21(11-17)27-14-26-20/h3-11H,12-14H2,1-2H3,(H,23,25). The molecule has 28 heavy (non-hydrogen) atoms. The van der Waals surface area contributed by atoms with Gasteiger partial charge in [0, 0.05) is 12.2 Å². The van der Waals surface area contributed by atoms with Crippen LogP contribution in [0.5, 0.6) is 11.5 Å². The third-order valence-corrected chi connectivity index (χ3v) is 4.63. The summed E-state index contributed by atoms with van der Waals surface area (Å²) < 4.78 is 16.5. The molecule has 0 saturated heterocycles. The van der Waals surface area contributed by atoms with Gasteiger partial charge in [-0.2, -0.15) is 0 Å². The Morgan fingerprint density at radius 2 is 1.82 bits per heavy atom. The number of ether oxygens (including phenoxy) is 2. The largest absolute Gasteiger partial charge is 0.464 e. The van der Waals surface area contributed by atoms with Crippen molar-refractivity contribution < 1.29 is 18.7 Å². The lowest BCUT2D eigenvalue weighted by Gasteiger charge is -2.23. The summed E-state index contributed by atoms with van der Waals surface area (Å²) in [5, 5.41) is 3.00. The smallest absolute Gasteiger partial charge is 0.322 e. The van der Waals surface area contributed by atoms with Gasteiger partial charge in [-0.25, -0.2) is 4.79 Å². The number of hydrogen-bond acceptors (Lipinski definition) is 4. The number of anilines is 1. The number of hydrogen-bond donors (Lipinski definition) is 1. The minimum absolute atomic E-state index is 0.194. The maximum absolute atomic E-state index is 13.0. The van der Waals surface area contributed by atoms with E-state index >= 15 is 0 Å². The lowest BCUT2D eigenvalue weighted by Crippen LogP contribution is -2.34. The molecule has 1 aliphatic heterocycles. The summed E-state index contributed by atoms with van der Waals surface area (Å²) in [6.07, 6.45) is 0. The van der Waals surface area contributed by atoms with Gasteiger partial charge in [-0.15, -0.1) is 0 Å². The summed E-state index contributed by atoms with van der Waals surface area (Å²) in [7, 11) is 0. The third kappa shape index (κ3) is 3.96. The fourth-order valence-electron chi connectivity index (χ4n) is 3.12. The van der Waals surface area contributed by atoms with Crippen molar-refractivity contribution in [2.24, 2.45) is 0 Å². The van der Waals surface area contributed by atoms with E-state index in [0.717, 1.165) is 34.1 Å². The quantitative estimate of drug-likeness (QED) is 0.689. The van der Waals surface area contributed by atoms with Gasteiger partial charge in [0.2, 0.25) is 6.79 Å². The van der Waals surface area contributed by atoms with Crippen molar-refractivity contribution >= 4 is 11.7 Å². The number of nitrogens with one attached hydrogen (secondary N) is 1. The van der Waals surface area contributed by atoms with Crippen LogP contribution in [0.4, 0.5) is 10.5 Å². The summed E-state index contributed by atoms with van der Waals surface area (Å²) in [5.41, 5.74) is 2.75. The first-order chi connectivity index (χ1) is 13.6. The zero-order valence-electron chi connectivity index (χ0n) is 15.9. The van der Waals surface area contributed by atoms with Crippen molar-refractivity contribution in [3.05, 3.63) is 77.2 Å². The Morgan fingerprint density at radius 1 is 1.00 bits per heavy atom. The number of amides is 2. The molecule has 1 aromatic heterocycles. The molecule has 0 saturated carbocycles. The minimum Gasteiger partial charge on any atom is -0.464 e. The van der Waals surface area contributed by atoms with Gasteiger partial charge in [-0.3, -0.25) is 0 Å². The molecule has 4 rings (SSSR count). The average molecular weight is 378 g/mol. The predicted octanol–water partition coefficient (Wildman–Crippen LogP) is 4.86. The lowest BCUT2D eigenvalue weighted by molar-refractivity contribution is 0.174. The summed E-state index contributed by atoms with van der Waals surface area (Å²) >= 11 is 0. The highest BCUT2D eigenvalue weighted by Gasteiger charge is 2.19. The first-order valence-corrected chi connectivity index (χ1v) is 9.14. The SMILES string of the molecule is Cc1ccc(CN(Cc2ccc3c(c2)OCO3)C(=O)Nc2ccccc2C)o1. The number of urea groups is 1. The monoisotopic (exact) mass is 378 g/mol. The van der Waals surface area contributed by atoms with E-state index in [9.17, 15) is 4.79 Å². The molecule has 0 atom stereocenters. The van der Waals surface area contributed by atoms with Crippen molar-refractivity contribution in [2.75, 3.05) is 12.1 Å². The van der Waals surface area contributed by atoms with Crippen LogP contribution in [0.25, 0.3) is 0 Å². The molecule has 0 unspecified atom stereocenters. The molecule has 6 heteroatoms. The molecule has 2 amide bonds. The first kappa shape index (κ1) is 18.0. The van der Waals surface area contributed by atoms with Gasteiger partial charge in [0.25, 0.3) is 0 Å². The fourth-order valence-corrected chi connectivity index (χ4v) is 3.12. The normalized spacial score (nSPS) is 12.1. The van der Waals surface area contributed by atoms with Crippen LogP contribution >= 0.6 is 0 Å². The van der Waals surface area contributed by atoms with Crippen LogP contribution in [-0.4, -0.2) is 17.7 Å². The van der Waals surface area contributed by atoms with E-state index in [-0.39, 0.29) is 12.8 Å². The Morgan fingerprint density at radius 3 is 2.61 bits per heavy atom. The first-order valence-electron chi connectivity index (χ1n) is 9.14. The van der Waals surface area contributed by atoms with E-state index in [1.165, 1.54) is 0 Å². The summed E-state index contributed by atoms with van der Waals surface area (Å²) in [6, 6.07) is 17.0. The zero-order chi connectivity index (χ0) is 19.5. The molecule has 2 heterocycles. The van der Waals surface area contributed by atoms with Crippen LogP contribution in [0.3, 0.4) is 0 Å². The fraction of sp³-hybridized carbons (Fsp3) is 0.227. The van der Waals surface area contributed by atoms with E-state index in [1.807, 2.05) is 68.4 Å². The van der Waals surface area contributed by atoms with Crippen LogP contribution in [0.15, 0.2) is 59.0 Å². The van der Waals surface area contributed by atoms with Crippen LogP contribution in [0.1, 0.15) is 22.6 Å². The number of fused-ring (bicyclic) bond motifs is 1. The molecule has 0 bridgehead atoms. The molecule has 3 aromatic rings. The van der Waals surface area contributed by atoms with Gasteiger partial charge in [0.15, 0.2) is 11.5 Å². The van der Waals surface area contributed by atoms with E-state index < -0.39 is 0 Å². The highest BCUT2D eigenvalue weighted by Crippen LogP contribution is 2.33. The van der Waals surface area contributed by atoms with Gasteiger partial charge in [0.05, 0.1) is 6.54 Å². The third-order valence-electron chi connectivity index (χ3n) is 4.63. The molecule has 0 aliphatic carbocycles. The van der Waals surface area contributed by atoms with Gasteiger partial charge >= 0.3 is 6.03 Å². The molecule has 1 aliphatic rings. The molecule has 2 aromatic carbocycles. The molecule has 6 nitrogen and oxygen atoms in total. The van der Waals surface area contributed by atoms with Crippen LogP contribution in [0, 0.1) is 13.8 Å². The maximum Gasteiger partial charge on any atom is 0.322 e. The summed E-state index contributed by atoms with van der Waals surface area (Å²) in [5.74, 6) is 2.97. The average Bonchev–Trinajstić information content (AvgIpc) is 3.31. The molecule has 144 valence electrons. The Labute approximate surface area is 163 Å². The number of nitrogens with zero attached hydrogens (tertiary/aromatic N) is 1. The second kappa shape index (κ2) is 7.68. The summed E-state index contributed by atoms with van der Waals surface area (Å²) in [6.45, 7) is 4.85. The Kier molecular flexibility index (Phi) is 4.93. The highest BCUT2D eigenvalue weighted by atomic mass is 16.7. The second-order valence-corrected chi connectivity index (χ2v) is 6.80. The van der Waals surface area contributed by atoms with E-state index in [2.05, 4.69) is 5.32 Å². The van der Waals surface area contributed by atoms with Crippen molar-refractivity contribution in [1.82, 2.24) is 4.90 Å². The number of rotatable bonds is 5. The minimum atomic E-state index is -0.194. The number of para-hydroxylation sites is 1. The molecular weight excluding hydrogens is 356 g/mol. The zero-order valence-corrected chi connectivity index (χ0v) is 15.9. The van der Waals surface area contributed by atoms with Gasteiger partial charge in [-0.05, 0) is 55.3 Å². The predicted molar refractivity (Wildman–Crippen MR) is 105 cm³/mol. The number of furan rings is 1. The van der Waals surface area contributed by atoms with Crippen molar-refractivity contribution in [1.29, 1.82) is 0 Å². The Hall–Kier alpha value is -3.41. The van der Waals surface area contributed by atoms with E-state index in [4.69, 9.17) is 13.9 Å². The highest BCUT2D eigenvalue weighted by molar-refractivity contribution is 5.90. The maximum atomic E-state index is 13.0. The van der Waals surface area contributed by atoms with Crippen molar-refractivity contribution in [3.8, 4) is 11.5 Å². The second-order valence-electron chi connectivity index (χ2n) is 6.80. The topological polar surface area (TPSA) is 63.9 Å². The molecule has 0 radical (unpaired) electrons. The summed E-state index contributed by atoms with van der Waals surface area (Å²) in [4.78, 5) is 14.7. The molecule has 1 N–H and O–H groups in total. The van der Waals surface area contributed by atoms with Crippen molar-refractivity contribution in [2.45, 2.75) is 26.9 Å². The number of benzene rings is 2. The Bertz CT molecular complexity index is 996. The number of carbonyl (C=O) groups is 1. The van der Waals surface area contributed by atoms with Gasteiger partial charge in [0.1, 0.15) is 11.5 Å². The van der Waals surface area contributed by atoms with Crippen LogP contribution < -0.4 is 14.8 Å².